The first-order valence-electron chi connectivity index (χ1n) is 26.1. The fraction of sp³-hybridized carbons (Fsp3) is 0.778. The van der Waals surface area contributed by atoms with E-state index in [9.17, 15) is 19.0 Å². The molecule has 0 bridgehead atoms. The first-order valence-corrected chi connectivity index (χ1v) is 27.6. The van der Waals surface area contributed by atoms with Crippen molar-refractivity contribution in [1.29, 1.82) is 0 Å². The number of unbranched alkanes of at least 4 members (excludes halogenated alkanes) is 26. The average molecular weight is 905 g/mol. The number of hydrogen-bond donors (Lipinski definition) is 1. The zero-order chi connectivity index (χ0) is 46.0. The van der Waals surface area contributed by atoms with Crippen molar-refractivity contribution in [1.82, 2.24) is 0 Å². The lowest BCUT2D eigenvalue weighted by atomic mass is 10.0. The van der Waals surface area contributed by atoms with Crippen LogP contribution in [-0.4, -0.2) is 42.8 Å². The lowest BCUT2D eigenvalue weighted by Gasteiger charge is -2.19. The third-order valence-electron chi connectivity index (χ3n) is 11.1. The van der Waals surface area contributed by atoms with Gasteiger partial charge in [-0.15, -0.1) is 0 Å². The number of hydrogen-bond acceptors (Lipinski definition) is 7. The predicted octanol–water partition coefficient (Wildman–Crippen LogP) is 17.1. The molecule has 0 rings (SSSR count). The second-order valence-electron chi connectivity index (χ2n) is 17.2. The molecule has 0 aliphatic carbocycles. The second-order valence-corrected chi connectivity index (χ2v) is 18.6. The van der Waals surface area contributed by atoms with E-state index in [1.807, 2.05) is 0 Å². The van der Waals surface area contributed by atoms with Crippen molar-refractivity contribution in [3.8, 4) is 0 Å². The summed E-state index contributed by atoms with van der Waals surface area (Å²) in [4.78, 5) is 34.9. The average Bonchev–Trinajstić information content (AvgIpc) is 3.26. The van der Waals surface area contributed by atoms with Gasteiger partial charge in [-0.05, 0) is 64.7 Å². The molecule has 366 valence electrons. The maximum Gasteiger partial charge on any atom is 0.472 e. The Morgan fingerprint density at radius 2 is 0.810 bits per heavy atom. The summed E-state index contributed by atoms with van der Waals surface area (Å²) in [5.74, 6) is -0.828. The van der Waals surface area contributed by atoms with E-state index >= 15 is 0 Å². The minimum atomic E-state index is -4.30. The first-order chi connectivity index (χ1) is 30.8. The van der Waals surface area contributed by atoms with Gasteiger partial charge in [-0.3, -0.25) is 18.6 Å². The molecule has 0 radical (unpaired) electrons. The summed E-state index contributed by atoms with van der Waals surface area (Å²) in [6, 6.07) is 0. The van der Waals surface area contributed by atoms with Crippen LogP contribution in [0.3, 0.4) is 0 Å². The van der Waals surface area contributed by atoms with E-state index in [-0.39, 0.29) is 32.0 Å². The van der Waals surface area contributed by atoms with Crippen molar-refractivity contribution in [3.05, 3.63) is 60.8 Å². The minimum absolute atomic E-state index is 0.00751. The van der Waals surface area contributed by atoms with E-state index in [4.69, 9.17) is 18.5 Å². The molecule has 63 heavy (non-hydrogen) atoms. The molecular formula is C54H97O8P. The molecule has 0 saturated heterocycles. The normalized spacial score (nSPS) is 13.7. The monoisotopic (exact) mass is 905 g/mol. The molecule has 0 spiro atoms. The number of phosphoric acid groups is 1. The van der Waals surface area contributed by atoms with Crippen LogP contribution in [-0.2, 0) is 32.7 Å². The maximum atomic E-state index is 12.6. The van der Waals surface area contributed by atoms with Crippen LogP contribution in [0.1, 0.15) is 245 Å². The minimum Gasteiger partial charge on any atom is -0.462 e. The Morgan fingerprint density at radius 3 is 1.22 bits per heavy atom. The Hall–Kier alpha value is -2.25. The Labute approximate surface area is 388 Å². The van der Waals surface area contributed by atoms with E-state index in [0.29, 0.717) is 6.42 Å². The van der Waals surface area contributed by atoms with Crippen LogP contribution < -0.4 is 0 Å². The Morgan fingerprint density at radius 1 is 0.444 bits per heavy atom. The summed E-state index contributed by atoms with van der Waals surface area (Å²) in [6.07, 6.45) is 61.5. The van der Waals surface area contributed by atoms with Crippen LogP contribution in [0.4, 0.5) is 0 Å². The molecule has 1 N–H and O–H groups in total. The lowest BCUT2D eigenvalue weighted by Crippen LogP contribution is -2.29. The molecule has 0 aliphatic rings. The number of allylic oxidation sites excluding steroid dienone is 10. The Kier molecular flexibility index (Phi) is 47.4. The molecule has 8 nitrogen and oxygen atoms in total. The van der Waals surface area contributed by atoms with E-state index in [2.05, 4.69) is 74.6 Å². The highest BCUT2D eigenvalue weighted by molar-refractivity contribution is 7.47. The van der Waals surface area contributed by atoms with Crippen molar-refractivity contribution >= 4 is 19.8 Å². The van der Waals surface area contributed by atoms with Crippen molar-refractivity contribution in [3.63, 3.8) is 0 Å². The molecule has 0 aromatic rings. The Balaban J connectivity index is 3.98. The molecule has 0 saturated carbocycles. The summed E-state index contributed by atoms with van der Waals surface area (Å²) in [5.41, 5.74) is 0. The van der Waals surface area contributed by atoms with Gasteiger partial charge in [-0.2, -0.15) is 0 Å². The van der Waals surface area contributed by atoms with Gasteiger partial charge < -0.3 is 14.4 Å². The van der Waals surface area contributed by atoms with E-state index in [0.717, 1.165) is 70.6 Å². The highest BCUT2D eigenvalue weighted by Gasteiger charge is 2.25. The van der Waals surface area contributed by atoms with E-state index in [1.54, 1.807) is 6.92 Å². The molecule has 0 fully saturated rings. The number of phosphoric ester groups is 1. The third kappa shape index (κ3) is 49.0. The molecule has 0 amide bonds. The van der Waals surface area contributed by atoms with Crippen molar-refractivity contribution in [2.75, 3.05) is 19.8 Å². The molecule has 0 heterocycles. The van der Waals surface area contributed by atoms with E-state index < -0.39 is 26.5 Å². The summed E-state index contributed by atoms with van der Waals surface area (Å²) in [5, 5.41) is 0. The molecule has 0 aromatic carbocycles. The molecular weight excluding hydrogens is 808 g/mol. The quantitative estimate of drug-likeness (QED) is 0.0278. The number of carbonyl (C=O) groups excluding carboxylic acids is 2. The predicted molar refractivity (Wildman–Crippen MR) is 267 cm³/mol. The SMILES string of the molecule is CC/C=C\C/C=C\C/C=C\C/C=C\C/C=C\CCCCCC(=O)OC(COC(=O)CCCCCCCCCCCCCCCCCCCCCCCCCC)COP(=O)(O)OCC. The molecule has 9 heteroatoms. The van der Waals surface area contributed by atoms with Crippen LogP contribution in [0.25, 0.3) is 0 Å². The van der Waals surface area contributed by atoms with E-state index in [1.165, 1.54) is 135 Å². The van der Waals surface area contributed by atoms with Gasteiger partial charge in [0.25, 0.3) is 0 Å². The zero-order valence-corrected chi connectivity index (χ0v) is 41.9. The van der Waals surface area contributed by atoms with Crippen LogP contribution in [0.2, 0.25) is 0 Å². The van der Waals surface area contributed by atoms with Gasteiger partial charge in [0.15, 0.2) is 6.10 Å². The van der Waals surface area contributed by atoms with Crippen molar-refractivity contribution in [2.45, 2.75) is 252 Å². The van der Waals surface area contributed by atoms with Gasteiger partial charge in [0.2, 0.25) is 0 Å². The molecule has 2 atom stereocenters. The smallest absolute Gasteiger partial charge is 0.462 e. The fourth-order valence-electron chi connectivity index (χ4n) is 7.31. The van der Waals surface area contributed by atoms with Crippen molar-refractivity contribution in [2.24, 2.45) is 0 Å². The topological polar surface area (TPSA) is 108 Å². The third-order valence-corrected chi connectivity index (χ3v) is 12.1. The summed E-state index contributed by atoms with van der Waals surface area (Å²) < 4.78 is 32.8. The standard InChI is InChI=1S/C54H97O8P/c1-4-7-9-11-13-15-17-19-21-23-25-26-27-28-29-31-32-34-36-38-40-42-44-46-48-53(55)59-50-52(51-61-63(57,58)60-6-3)62-54(56)49-47-45-43-41-39-37-35-33-30-24-22-20-18-16-14-12-10-8-5-2/h8,10,14,16,20,22,30,33,37,39,52H,4-7,9,11-13,15,17-19,21,23-29,31-32,34-36,38,40-51H2,1-3H3,(H,57,58)/b10-8-,16-14-,22-20-,33-30-,39-37-. The summed E-state index contributed by atoms with van der Waals surface area (Å²) in [7, 11) is -4.30. The largest absolute Gasteiger partial charge is 0.472 e. The number of ether oxygens (including phenoxy) is 2. The summed E-state index contributed by atoms with van der Waals surface area (Å²) >= 11 is 0. The van der Waals surface area contributed by atoms with Gasteiger partial charge in [-0.25, -0.2) is 4.57 Å². The van der Waals surface area contributed by atoms with Gasteiger partial charge in [0, 0.05) is 12.8 Å². The highest BCUT2D eigenvalue weighted by atomic mass is 31.2. The number of esters is 2. The van der Waals surface area contributed by atoms with Gasteiger partial charge >= 0.3 is 19.8 Å². The number of rotatable bonds is 48. The number of carbonyl (C=O) groups is 2. The molecule has 2 unspecified atom stereocenters. The molecule has 0 aliphatic heterocycles. The first kappa shape index (κ1) is 60.8. The molecule has 0 aromatic heterocycles. The van der Waals surface area contributed by atoms with Crippen molar-refractivity contribution < 1.29 is 37.6 Å². The maximum absolute atomic E-state index is 12.6. The van der Waals surface area contributed by atoms with Gasteiger partial charge in [0.1, 0.15) is 6.61 Å². The van der Waals surface area contributed by atoms with Crippen LogP contribution in [0.15, 0.2) is 60.8 Å². The van der Waals surface area contributed by atoms with Gasteiger partial charge in [-0.1, -0.05) is 229 Å². The zero-order valence-electron chi connectivity index (χ0n) is 41.0. The fourth-order valence-corrected chi connectivity index (χ4v) is 8.06. The van der Waals surface area contributed by atoms with Crippen LogP contribution >= 0.6 is 7.82 Å². The second kappa shape index (κ2) is 49.2. The Bertz CT molecular complexity index is 1210. The van der Waals surface area contributed by atoms with Crippen LogP contribution in [0.5, 0.6) is 0 Å². The van der Waals surface area contributed by atoms with Crippen LogP contribution in [0, 0.1) is 0 Å². The lowest BCUT2D eigenvalue weighted by molar-refractivity contribution is -0.161. The highest BCUT2D eigenvalue weighted by Crippen LogP contribution is 2.43. The van der Waals surface area contributed by atoms with Gasteiger partial charge in [0.05, 0.1) is 13.2 Å². The summed E-state index contributed by atoms with van der Waals surface area (Å²) in [6.45, 7) is 5.36.